The van der Waals surface area contributed by atoms with Crippen LogP contribution in [0.1, 0.15) is 74.9 Å². The van der Waals surface area contributed by atoms with Gasteiger partial charge < -0.3 is 13.3 Å². The van der Waals surface area contributed by atoms with Gasteiger partial charge in [0.05, 0.1) is 39.9 Å². The Bertz CT molecular complexity index is 8090. The van der Waals surface area contributed by atoms with Gasteiger partial charge in [0.15, 0.2) is 17.5 Å². The smallest absolute Gasteiger partial charge is 0.160 e. The van der Waals surface area contributed by atoms with E-state index in [9.17, 15) is 0 Å². The van der Waals surface area contributed by atoms with Gasteiger partial charge in [-0.1, -0.05) is 381 Å². The number of rotatable bonds is 12. The molecule has 9 aromatic heterocycles. The van der Waals surface area contributed by atoms with Crippen LogP contribution in [0.15, 0.2) is 432 Å². The number of aromatic nitrogens is 9. The highest BCUT2D eigenvalue weighted by molar-refractivity contribution is 6.12. The number of benzene rings is 15. The lowest BCUT2D eigenvalue weighted by Crippen LogP contribution is -2.17. The van der Waals surface area contributed by atoms with Crippen LogP contribution in [0.2, 0.25) is 0 Å². The summed E-state index contributed by atoms with van der Waals surface area (Å²) in [7, 11) is 0. The van der Waals surface area contributed by atoms with Crippen molar-refractivity contribution in [1.29, 1.82) is 0 Å². The summed E-state index contributed by atoms with van der Waals surface area (Å²) < 4.78 is 19.1. The highest BCUT2D eigenvalue weighted by Gasteiger charge is 2.44. The van der Waals surface area contributed by atoms with Crippen LogP contribution in [-0.2, 0) is 16.2 Å². The van der Waals surface area contributed by atoms with Gasteiger partial charge in [-0.25, -0.2) is 29.9 Å². The minimum atomic E-state index is -0.249. The lowest BCUT2D eigenvalue weighted by Gasteiger charge is -2.24. The normalized spacial score (nSPS) is 13.2. The Labute approximate surface area is 797 Å². The monoisotopic (exact) mass is 1770 g/mol. The van der Waals surface area contributed by atoms with Gasteiger partial charge in [-0.05, 0) is 104 Å². The highest BCUT2D eigenvalue weighted by Crippen LogP contribution is 2.56. The fourth-order valence-corrected chi connectivity index (χ4v) is 21.2. The van der Waals surface area contributed by atoms with E-state index in [0.29, 0.717) is 5.82 Å². The zero-order valence-corrected chi connectivity index (χ0v) is 76.6. The van der Waals surface area contributed by atoms with Crippen LogP contribution in [0.4, 0.5) is 0 Å². The minimum Gasteiger partial charge on any atom is -0.455 e. The Hall–Kier alpha value is -17.6. The lowest BCUT2D eigenvalue weighted by atomic mass is 9.80. The second-order valence-corrected chi connectivity index (χ2v) is 37.4. The quantitative estimate of drug-likeness (QED) is 0.114. The third kappa shape index (κ3) is 13.9. The zero-order valence-electron chi connectivity index (χ0n) is 76.6. The topological polar surface area (TPSA) is 155 Å². The third-order valence-corrected chi connectivity index (χ3v) is 28.2. The van der Waals surface area contributed by atoms with E-state index in [0.717, 1.165) is 229 Å². The Morgan fingerprint density at radius 3 is 0.833 bits per heavy atom. The molecule has 138 heavy (non-hydrogen) atoms. The summed E-state index contributed by atoms with van der Waals surface area (Å²) in [5, 5.41) is 6.79. The first kappa shape index (κ1) is 82.3. The van der Waals surface area contributed by atoms with E-state index in [4.69, 9.17) is 43.2 Å². The van der Waals surface area contributed by atoms with Crippen molar-refractivity contribution in [2.24, 2.45) is 0 Å². The Kier molecular flexibility index (Phi) is 19.6. The molecule has 0 bridgehead atoms. The van der Waals surface area contributed by atoms with Gasteiger partial charge in [0.25, 0.3) is 0 Å². The molecule has 0 saturated heterocycles. The molecule has 0 fully saturated rings. The second kappa shape index (κ2) is 32.9. The van der Waals surface area contributed by atoms with Crippen LogP contribution in [0.5, 0.6) is 0 Å². The van der Waals surface area contributed by atoms with Gasteiger partial charge in [0, 0.05) is 169 Å². The predicted octanol–water partition coefficient (Wildman–Crippen LogP) is 32.2. The molecule has 0 amide bonds. The summed E-state index contributed by atoms with van der Waals surface area (Å²) >= 11 is 0. The van der Waals surface area contributed by atoms with Crippen molar-refractivity contribution < 1.29 is 13.3 Å². The molecule has 12 nitrogen and oxygen atoms in total. The molecule has 12 heteroatoms. The van der Waals surface area contributed by atoms with E-state index in [1.807, 2.05) is 97.6 Å². The standard InChI is InChI=1S/3C42H29N3O/c1-42(2)35-14-5-3-11-34(35)39-37(42)38(44-41(45-39)29-22-16-26(17-23-29)30-9-8-24-43-25-30)28-20-18-27(19-21-28)31-12-7-13-33-32-10-4-6-15-36(32)46-40(31)33;1-42(2)34-14-5-3-11-33(34)39-37(42)38(44-41(45-39)29-23-19-27(20-24-29)35-15-7-8-25-43-35)28-21-17-26(18-22-28)30-12-9-13-32-31-10-4-6-16-36(31)46-40(30)32;1-42(2)35-12-5-3-9-34(35)39-37(42)38(44-41(45-39)30-20-14-26(15-21-30)27-22-24-43-25-23-27)29-18-16-28(17-19-29)31-10-7-11-33-32-8-4-6-13-36(32)46-40(31)33/h3*3-25H,1-2H3. The number of hydrogen-bond acceptors (Lipinski definition) is 12. The summed E-state index contributed by atoms with van der Waals surface area (Å²) in [6.45, 7) is 13.7. The molecule has 15 aromatic carbocycles. The van der Waals surface area contributed by atoms with E-state index < -0.39 is 0 Å². The van der Waals surface area contributed by atoms with E-state index in [1.54, 1.807) is 6.20 Å². The summed E-state index contributed by atoms with van der Waals surface area (Å²) in [6, 6.07) is 135. The average Bonchev–Trinajstić information content (AvgIpc) is 1.57. The molecule has 0 unspecified atom stereocenters. The summed E-state index contributed by atoms with van der Waals surface area (Å²) in [5.74, 6) is 2.15. The van der Waals surface area contributed by atoms with Crippen LogP contribution in [0.3, 0.4) is 0 Å². The van der Waals surface area contributed by atoms with Crippen LogP contribution >= 0.6 is 0 Å². The fraction of sp³-hybridized carbons (Fsp3) is 0.0714. The lowest BCUT2D eigenvalue weighted by molar-refractivity contribution is 0.657. The van der Waals surface area contributed by atoms with Crippen molar-refractivity contribution in [3.8, 4) is 169 Å². The predicted molar refractivity (Wildman–Crippen MR) is 559 cm³/mol. The van der Waals surface area contributed by atoms with Gasteiger partial charge in [-0.3, -0.25) is 15.0 Å². The van der Waals surface area contributed by atoms with Gasteiger partial charge in [-0.2, -0.15) is 0 Å². The van der Waals surface area contributed by atoms with Gasteiger partial charge >= 0.3 is 0 Å². The molecule has 3 aliphatic carbocycles. The zero-order chi connectivity index (χ0) is 92.5. The second-order valence-electron chi connectivity index (χ2n) is 37.4. The number of pyridine rings is 3. The van der Waals surface area contributed by atoms with Gasteiger partial charge in [0.2, 0.25) is 0 Å². The Morgan fingerprint density at radius 1 is 0.188 bits per heavy atom. The number of hydrogen-bond donors (Lipinski definition) is 0. The first-order valence-corrected chi connectivity index (χ1v) is 46.8. The van der Waals surface area contributed by atoms with Crippen molar-refractivity contribution >= 4 is 65.8 Å². The molecular weight excluding hydrogens is 1690 g/mol. The van der Waals surface area contributed by atoms with Crippen molar-refractivity contribution in [2.45, 2.75) is 57.8 Å². The largest absolute Gasteiger partial charge is 0.455 e. The molecule has 27 rings (SSSR count). The first-order valence-electron chi connectivity index (χ1n) is 46.8. The highest BCUT2D eigenvalue weighted by atomic mass is 16.3. The number of fused-ring (bicyclic) bond motifs is 18. The summed E-state index contributed by atoms with van der Waals surface area (Å²) in [6.07, 6.45) is 9.14. The van der Waals surface area contributed by atoms with Gasteiger partial charge in [-0.15, -0.1) is 0 Å². The van der Waals surface area contributed by atoms with E-state index >= 15 is 0 Å². The third-order valence-electron chi connectivity index (χ3n) is 28.2. The molecule has 0 radical (unpaired) electrons. The molecule has 0 atom stereocenters. The first-order chi connectivity index (χ1) is 67.7. The fourth-order valence-electron chi connectivity index (χ4n) is 21.2. The molecular formula is C126H87N9O3. The van der Waals surface area contributed by atoms with Crippen molar-refractivity contribution in [3.05, 3.63) is 453 Å². The van der Waals surface area contributed by atoms with Crippen molar-refractivity contribution in [3.63, 3.8) is 0 Å². The molecule has 9 heterocycles. The molecule has 0 spiro atoms. The van der Waals surface area contributed by atoms with E-state index in [1.165, 1.54) is 33.4 Å². The van der Waals surface area contributed by atoms with Crippen molar-refractivity contribution in [2.75, 3.05) is 0 Å². The Morgan fingerprint density at radius 2 is 0.478 bits per heavy atom. The molecule has 654 valence electrons. The SMILES string of the molecule is CC1(C)c2ccccc2-c2nc(-c3ccc(-c4ccccn4)cc3)nc(-c3ccc(-c4cccc5c4oc4ccccc45)cc3)c21.CC1(C)c2ccccc2-c2nc(-c3ccc(-c4cccnc4)cc3)nc(-c3ccc(-c4cccc5c4oc4ccccc45)cc3)c21.CC1(C)c2ccccc2-c2nc(-c3ccc(-c4ccncc4)cc3)nc(-c3ccc(-c4cccc5c4oc4ccccc45)cc3)c21. The Balaban J connectivity index is 0.000000110. The minimum absolute atomic E-state index is 0.246. The number of furan rings is 3. The van der Waals surface area contributed by atoms with E-state index in [2.05, 4.69) is 372 Å². The van der Waals surface area contributed by atoms with Crippen LogP contribution < -0.4 is 0 Å². The van der Waals surface area contributed by atoms with E-state index in [-0.39, 0.29) is 16.2 Å². The van der Waals surface area contributed by atoms with Crippen LogP contribution in [-0.4, -0.2) is 44.9 Å². The maximum atomic E-state index is 6.35. The molecule has 0 aliphatic heterocycles. The summed E-state index contributed by atoms with van der Waals surface area (Å²) in [4.78, 5) is 44.6. The van der Waals surface area contributed by atoms with Gasteiger partial charge in [0.1, 0.15) is 33.5 Å². The average molecular weight is 1780 g/mol. The van der Waals surface area contributed by atoms with Crippen molar-refractivity contribution in [1.82, 2.24) is 44.9 Å². The van der Waals surface area contributed by atoms with Crippen LogP contribution in [0, 0.1) is 0 Å². The number of para-hydroxylation sites is 6. The molecule has 0 N–H and O–H groups in total. The molecule has 3 aliphatic rings. The molecule has 0 saturated carbocycles. The maximum Gasteiger partial charge on any atom is 0.160 e. The number of nitrogens with zero attached hydrogens (tertiary/aromatic N) is 9. The van der Waals surface area contributed by atoms with Crippen LogP contribution in [0.25, 0.3) is 234 Å². The maximum absolute atomic E-state index is 6.35. The summed E-state index contributed by atoms with van der Waals surface area (Å²) in [5.41, 5.74) is 40.6. The molecule has 24 aromatic rings.